The van der Waals surface area contributed by atoms with Crippen LogP contribution in [0.1, 0.15) is 39.5 Å². The van der Waals surface area contributed by atoms with E-state index in [1.165, 1.54) is 31.2 Å². The molecule has 1 N–H and O–H groups in total. The Balaban J connectivity index is 1.46. The van der Waals surface area contributed by atoms with E-state index in [-0.39, 0.29) is 0 Å². The smallest absolute Gasteiger partial charge is 0.0958 e. The largest absolute Gasteiger partial charge is 0.331 e. The van der Waals surface area contributed by atoms with E-state index >= 15 is 0 Å². The zero-order valence-corrected chi connectivity index (χ0v) is 13.3. The Labute approximate surface area is 127 Å². The molecular weight excluding hydrogens is 258 g/mol. The normalized spacial score (nSPS) is 26.3. The fourth-order valence-corrected chi connectivity index (χ4v) is 3.86. The highest BCUT2D eigenvalue weighted by molar-refractivity contribution is 5.74. The molecule has 0 radical (unpaired) electrons. The molecule has 2 unspecified atom stereocenters. The van der Waals surface area contributed by atoms with Gasteiger partial charge in [0.05, 0.1) is 17.4 Å². The van der Waals surface area contributed by atoms with Gasteiger partial charge in [-0.2, -0.15) is 0 Å². The van der Waals surface area contributed by atoms with Crippen molar-refractivity contribution in [2.75, 3.05) is 6.54 Å². The van der Waals surface area contributed by atoms with E-state index in [0.717, 1.165) is 36.5 Å². The summed E-state index contributed by atoms with van der Waals surface area (Å²) in [6.45, 7) is 6.94. The molecule has 21 heavy (non-hydrogen) atoms. The number of aromatic nitrogens is 2. The zero-order valence-electron chi connectivity index (χ0n) is 13.3. The summed E-state index contributed by atoms with van der Waals surface area (Å²) in [5.74, 6) is 1.76. The number of hydrogen-bond acceptors (Lipinski definition) is 2. The van der Waals surface area contributed by atoms with Crippen molar-refractivity contribution in [2.24, 2.45) is 11.8 Å². The van der Waals surface area contributed by atoms with Crippen LogP contribution in [0.3, 0.4) is 0 Å². The lowest BCUT2D eigenvalue weighted by Gasteiger charge is -2.32. The third-order valence-electron chi connectivity index (χ3n) is 4.71. The molecule has 1 aromatic heterocycles. The predicted octanol–water partition coefficient (Wildman–Crippen LogP) is 3.84. The topological polar surface area (TPSA) is 29.9 Å². The molecular formula is C18H27N3. The number of nitrogens with zero attached hydrogens (tertiary/aromatic N) is 2. The van der Waals surface area contributed by atoms with E-state index in [1.54, 1.807) is 0 Å². The van der Waals surface area contributed by atoms with Crippen molar-refractivity contribution < 1.29 is 0 Å². The van der Waals surface area contributed by atoms with Crippen molar-refractivity contribution in [1.29, 1.82) is 0 Å². The lowest BCUT2D eigenvalue weighted by Crippen LogP contribution is -2.37. The van der Waals surface area contributed by atoms with Crippen LogP contribution in [-0.4, -0.2) is 22.1 Å². The van der Waals surface area contributed by atoms with Crippen LogP contribution >= 0.6 is 0 Å². The van der Waals surface area contributed by atoms with Crippen LogP contribution in [-0.2, 0) is 6.54 Å². The molecule has 1 aromatic carbocycles. The second-order valence-electron chi connectivity index (χ2n) is 6.85. The van der Waals surface area contributed by atoms with Crippen LogP contribution < -0.4 is 5.32 Å². The highest BCUT2D eigenvalue weighted by Crippen LogP contribution is 2.28. The average Bonchev–Trinajstić information content (AvgIpc) is 2.86. The molecule has 1 fully saturated rings. The molecule has 2 atom stereocenters. The summed E-state index contributed by atoms with van der Waals surface area (Å²) in [7, 11) is 0. The number of nitrogens with one attached hydrogen (secondary N) is 1. The Bertz CT molecular complexity index is 565. The maximum absolute atomic E-state index is 4.45. The molecule has 1 saturated carbocycles. The van der Waals surface area contributed by atoms with Crippen molar-refractivity contribution in [2.45, 2.75) is 52.1 Å². The van der Waals surface area contributed by atoms with Gasteiger partial charge in [0.2, 0.25) is 0 Å². The molecule has 0 saturated heterocycles. The summed E-state index contributed by atoms with van der Waals surface area (Å²) >= 11 is 0. The Morgan fingerprint density at radius 1 is 1.14 bits per heavy atom. The Morgan fingerprint density at radius 3 is 2.71 bits per heavy atom. The summed E-state index contributed by atoms with van der Waals surface area (Å²) in [5, 5.41) is 3.76. The molecule has 0 spiro atoms. The summed E-state index contributed by atoms with van der Waals surface area (Å²) < 4.78 is 2.27. The molecule has 2 aromatic rings. The van der Waals surface area contributed by atoms with E-state index in [0.29, 0.717) is 0 Å². The van der Waals surface area contributed by atoms with E-state index < -0.39 is 0 Å². The fourth-order valence-electron chi connectivity index (χ4n) is 3.86. The Hall–Kier alpha value is -1.35. The Morgan fingerprint density at radius 2 is 1.90 bits per heavy atom. The lowest BCUT2D eigenvalue weighted by atomic mass is 9.80. The zero-order chi connectivity index (χ0) is 14.7. The van der Waals surface area contributed by atoms with Crippen LogP contribution in [0.25, 0.3) is 11.0 Å². The van der Waals surface area contributed by atoms with Gasteiger partial charge in [-0.05, 0) is 56.2 Å². The predicted molar refractivity (Wildman–Crippen MR) is 88.3 cm³/mol. The van der Waals surface area contributed by atoms with Crippen molar-refractivity contribution >= 4 is 11.0 Å². The fraction of sp³-hybridized carbons (Fsp3) is 0.611. The van der Waals surface area contributed by atoms with E-state index in [4.69, 9.17) is 0 Å². The van der Waals surface area contributed by atoms with E-state index in [9.17, 15) is 0 Å². The van der Waals surface area contributed by atoms with Crippen molar-refractivity contribution in [1.82, 2.24) is 14.9 Å². The van der Waals surface area contributed by atoms with Gasteiger partial charge >= 0.3 is 0 Å². The minimum Gasteiger partial charge on any atom is -0.331 e. The second kappa shape index (κ2) is 6.61. The number of benzene rings is 1. The van der Waals surface area contributed by atoms with Crippen molar-refractivity contribution in [3.63, 3.8) is 0 Å². The van der Waals surface area contributed by atoms with Crippen molar-refractivity contribution in [3.8, 4) is 0 Å². The molecule has 1 heterocycles. The average molecular weight is 285 g/mol. The molecule has 3 rings (SSSR count). The lowest BCUT2D eigenvalue weighted by molar-refractivity contribution is 0.238. The van der Waals surface area contributed by atoms with Crippen LogP contribution in [0.5, 0.6) is 0 Å². The highest BCUT2D eigenvalue weighted by Gasteiger charge is 2.23. The number of hydrogen-bond donors (Lipinski definition) is 1. The van der Waals surface area contributed by atoms with Gasteiger partial charge in [-0.3, -0.25) is 0 Å². The van der Waals surface area contributed by atoms with Gasteiger partial charge in [-0.1, -0.05) is 26.0 Å². The first kappa shape index (κ1) is 14.6. The van der Waals surface area contributed by atoms with Gasteiger partial charge in [0.25, 0.3) is 0 Å². The summed E-state index contributed by atoms with van der Waals surface area (Å²) in [4.78, 5) is 4.45. The highest BCUT2D eigenvalue weighted by atomic mass is 15.0. The maximum atomic E-state index is 4.45. The molecule has 3 heteroatoms. The molecule has 3 nitrogen and oxygen atoms in total. The van der Waals surface area contributed by atoms with Crippen LogP contribution in [0.2, 0.25) is 0 Å². The van der Waals surface area contributed by atoms with Gasteiger partial charge in [0.1, 0.15) is 0 Å². The molecule has 1 aliphatic carbocycles. The summed E-state index contributed by atoms with van der Waals surface area (Å²) in [6, 6.07) is 9.09. The molecule has 0 amide bonds. The molecule has 114 valence electrons. The minimum atomic E-state index is 0.725. The van der Waals surface area contributed by atoms with E-state index in [1.807, 2.05) is 12.4 Å². The van der Waals surface area contributed by atoms with Gasteiger partial charge in [0, 0.05) is 12.6 Å². The van der Waals surface area contributed by atoms with Gasteiger partial charge in [0.15, 0.2) is 0 Å². The van der Waals surface area contributed by atoms with Gasteiger partial charge in [-0.15, -0.1) is 0 Å². The number of aryl methyl sites for hydroxylation is 1. The third kappa shape index (κ3) is 3.65. The molecule has 0 aliphatic heterocycles. The quantitative estimate of drug-likeness (QED) is 0.846. The SMILES string of the molecule is CC1CC(C)CC(NCCCn2cnc3ccccc32)C1. The maximum Gasteiger partial charge on any atom is 0.0958 e. The third-order valence-corrected chi connectivity index (χ3v) is 4.71. The molecule has 1 aliphatic rings. The van der Waals surface area contributed by atoms with Crippen molar-refractivity contribution in [3.05, 3.63) is 30.6 Å². The van der Waals surface area contributed by atoms with E-state index in [2.05, 4.69) is 46.9 Å². The van der Waals surface area contributed by atoms with Crippen LogP contribution in [0.4, 0.5) is 0 Å². The molecule has 0 bridgehead atoms. The standard InChI is InChI=1S/C18H27N3/c1-14-10-15(2)12-16(11-14)19-8-5-9-21-13-20-17-6-3-4-7-18(17)21/h3-4,6-7,13-16,19H,5,8-12H2,1-2H3. The Kier molecular flexibility index (Phi) is 4.59. The minimum absolute atomic E-state index is 0.725. The summed E-state index contributed by atoms with van der Waals surface area (Å²) in [6.07, 6.45) is 7.23. The summed E-state index contributed by atoms with van der Waals surface area (Å²) in [5.41, 5.74) is 2.35. The number of para-hydroxylation sites is 2. The first-order valence-corrected chi connectivity index (χ1v) is 8.35. The van der Waals surface area contributed by atoms with Gasteiger partial charge in [-0.25, -0.2) is 4.98 Å². The monoisotopic (exact) mass is 285 g/mol. The second-order valence-corrected chi connectivity index (χ2v) is 6.85. The number of imidazole rings is 1. The number of rotatable bonds is 5. The first-order valence-electron chi connectivity index (χ1n) is 8.35. The first-order chi connectivity index (χ1) is 10.2. The van der Waals surface area contributed by atoms with Crippen LogP contribution in [0.15, 0.2) is 30.6 Å². The van der Waals surface area contributed by atoms with Crippen LogP contribution in [0, 0.1) is 11.8 Å². The number of fused-ring (bicyclic) bond motifs is 1. The van der Waals surface area contributed by atoms with Gasteiger partial charge < -0.3 is 9.88 Å².